The highest BCUT2D eigenvalue weighted by atomic mass is 16.5. The number of hydrogen-bond acceptors (Lipinski definition) is 3. The van der Waals surface area contributed by atoms with Crippen molar-refractivity contribution in [3.8, 4) is 0 Å². The molecular formula is C18H32N2O3. The lowest BCUT2D eigenvalue weighted by molar-refractivity contribution is -0.0825. The van der Waals surface area contributed by atoms with E-state index in [2.05, 4.69) is 12.2 Å². The Balaban J connectivity index is 1.50. The van der Waals surface area contributed by atoms with Crippen molar-refractivity contribution < 1.29 is 14.6 Å². The summed E-state index contributed by atoms with van der Waals surface area (Å²) < 4.78 is 6.05. The molecule has 2 N–H and O–H groups in total. The predicted molar refractivity (Wildman–Crippen MR) is 89.3 cm³/mol. The number of carbonyl (C=O) groups excluding carboxylic acids is 1. The van der Waals surface area contributed by atoms with E-state index in [-0.39, 0.29) is 29.7 Å². The van der Waals surface area contributed by atoms with Gasteiger partial charge in [-0.05, 0) is 50.4 Å². The van der Waals surface area contributed by atoms with Gasteiger partial charge in [-0.3, -0.25) is 0 Å². The zero-order valence-corrected chi connectivity index (χ0v) is 14.5. The van der Waals surface area contributed by atoms with E-state index in [1.807, 2.05) is 4.90 Å². The van der Waals surface area contributed by atoms with Crippen LogP contribution in [0.15, 0.2) is 0 Å². The first-order valence-corrected chi connectivity index (χ1v) is 9.41. The Morgan fingerprint density at radius 2 is 1.96 bits per heavy atom. The third-order valence-corrected chi connectivity index (χ3v) is 6.53. The van der Waals surface area contributed by atoms with Crippen LogP contribution >= 0.6 is 0 Å². The number of carbonyl (C=O) groups is 1. The molecule has 2 aliphatic heterocycles. The summed E-state index contributed by atoms with van der Waals surface area (Å²) >= 11 is 0. The fraction of sp³-hybridized carbons (Fsp3) is 0.944. The number of piperidine rings is 1. The quantitative estimate of drug-likeness (QED) is 0.839. The van der Waals surface area contributed by atoms with Crippen molar-refractivity contribution in [2.45, 2.75) is 76.4 Å². The van der Waals surface area contributed by atoms with Gasteiger partial charge in [-0.2, -0.15) is 0 Å². The first-order chi connectivity index (χ1) is 11.1. The monoisotopic (exact) mass is 324 g/mol. The Morgan fingerprint density at radius 1 is 1.26 bits per heavy atom. The van der Waals surface area contributed by atoms with Gasteiger partial charge < -0.3 is 20.1 Å². The largest absolute Gasteiger partial charge is 0.396 e. The average molecular weight is 324 g/mol. The van der Waals surface area contributed by atoms with E-state index in [4.69, 9.17) is 4.74 Å². The molecule has 3 aliphatic rings. The summed E-state index contributed by atoms with van der Waals surface area (Å²) in [7, 11) is 0. The van der Waals surface area contributed by atoms with E-state index in [9.17, 15) is 9.90 Å². The maximum atomic E-state index is 12.6. The second kappa shape index (κ2) is 6.98. The van der Waals surface area contributed by atoms with Crippen molar-refractivity contribution in [1.29, 1.82) is 0 Å². The van der Waals surface area contributed by atoms with Gasteiger partial charge in [0.15, 0.2) is 0 Å². The number of aliphatic hydroxyl groups is 1. The average Bonchev–Trinajstić information content (AvgIpc) is 3.02. The van der Waals surface area contributed by atoms with E-state index in [1.165, 1.54) is 12.8 Å². The van der Waals surface area contributed by atoms with Crippen LogP contribution in [0.2, 0.25) is 0 Å². The van der Waals surface area contributed by atoms with Gasteiger partial charge in [-0.1, -0.05) is 19.8 Å². The molecule has 3 rings (SSSR count). The molecule has 2 amide bonds. The first kappa shape index (κ1) is 17.0. The second-order valence-corrected chi connectivity index (χ2v) is 7.88. The molecule has 0 aromatic heterocycles. The lowest BCUT2D eigenvalue weighted by atomic mass is 9.77. The molecule has 5 nitrogen and oxygen atoms in total. The van der Waals surface area contributed by atoms with Gasteiger partial charge >= 0.3 is 6.03 Å². The van der Waals surface area contributed by atoms with Crippen molar-refractivity contribution in [3.63, 3.8) is 0 Å². The lowest BCUT2D eigenvalue weighted by Crippen LogP contribution is -2.53. The summed E-state index contributed by atoms with van der Waals surface area (Å²) in [5.41, 5.74) is 0.0791. The Hall–Kier alpha value is -0.810. The van der Waals surface area contributed by atoms with Crippen molar-refractivity contribution in [3.05, 3.63) is 0 Å². The summed E-state index contributed by atoms with van der Waals surface area (Å²) in [4.78, 5) is 14.5. The summed E-state index contributed by atoms with van der Waals surface area (Å²) in [6.07, 6.45) is 9.52. The van der Waals surface area contributed by atoms with Crippen LogP contribution in [-0.2, 0) is 4.74 Å². The molecule has 132 valence electrons. The molecular weight excluding hydrogens is 292 g/mol. The Morgan fingerprint density at radius 3 is 2.57 bits per heavy atom. The fourth-order valence-corrected chi connectivity index (χ4v) is 4.59. The molecule has 2 saturated heterocycles. The Bertz CT molecular complexity index is 406. The van der Waals surface area contributed by atoms with Crippen molar-refractivity contribution in [1.82, 2.24) is 10.2 Å². The van der Waals surface area contributed by atoms with E-state index in [1.54, 1.807) is 0 Å². The summed E-state index contributed by atoms with van der Waals surface area (Å²) in [5.74, 6) is 0. The van der Waals surface area contributed by atoms with Crippen molar-refractivity contribution in [2.24, 2.45) is 5.41 Å². The number of likely N-dealkylation sites (tertiary alicyclic amines) is 1. The fourth-order valence-electron chi connectivity index (χ4n) is 4.59. The lowest BCUT2D eigenvalue weighted by Gasteiger charge is -2.42. The number of amides is 2. The van der Waals surface area contributed by atoms with Crippen LogP contribution in [0.5, 0.6) is 0 Å². The van der Waals surface area contributed by atoms with Gasteiger partial charge in [-0.15, -0.1) is 0 Å². The molecule has 0 aromatic carbocycles. The van der Waals surface area contributed by atoms with Crippen molar-refractivity contribution >= 4 is 6.03 Å². The van der Waals surface area contributed by atoms with Gasteiger partial charge in [-0.25, -0.2) is 4.79 Å². The number of nitrogens with zero attached hydrogens (tertiary/aromatic N) is 1. The van der Waals surface area contributed by atoms with Gasteiger partial charge in [0.2, 0.25) is 0 Å². The van der Waals surface area contributed by atoms with Crippen LogP contribution in [0.4, 0.5) is 4.79 Å². The maximum Gasteiger partial charge on any atom is 0.317 e. The summed E-state index contributed by atoms with van der Waals surface area (Å²) in [5, 5.41) is 12.9. The van der Waals surface area contributed by atoms with Gasteiger partial charge in [0.1, 0.15) is 0 Å². The molecule has 5 heteroatoms. The third kappa shape index (κ3) is 3.66. The highest BCUT2D eigenvalue weighted by molar-refractivity contribution is 5.74. The molecule has 1 saturated carbocycles. The third-order valence-electron chi connectivity index (χ3n) is 6.53. The van der Waals surface area contributed by atoms with Crippen LogP contribution < -0.4 is 5.32 Å². The van der Waals surface area contributed by atoms with Crippen LogP contribution in [-0.4, -0.2) is 54.0 Å². The number of rotatable bonds is 3. The van der Waals surface area contributed by atoms with Crippen LogP contribution in [0, 0.1) is 5.41 Å². The minimum atomic E-state index is 0.0311. The van der Waals surface area contributed by atoms with E-state index in [0.29, 0.717) is 0 Å². The Kier molecular flexibility index (Phi) is 5.16. The molecule has 1 atom stereocenters. The van der Waals surface area contributed by atoms with Gasteiger partial charge in [0, 0.05) is 32.3 Å². The molecule has 0 bridgehead atoms. The molecule has 2 heterocycles. The van der Waals surface area contributed by atoms with Crippen LogP contribution in [0.1, 0.15) is 64.7 Å². The zero-order valence-electron chi connectivity index (χ0n) is 14.5. The molecule has 23 heavy (non-hydrogen) atoms. The Labute approximate surface area is 139 Å². The SMILES string of the molecule is CCC1(CO)CCN(C(=O)NC2CCOC3(CCCC3)C2)CC1. The molecule has 0 aromatic rings. The van der Waals surface area contributed by atoms with E-state index < -0.39 is 0 Å². The minimum Gasteiger partial charge on any atom is -0.396 e. The summed E-state index contributed by atoms with van der Waals surface area (Å²) in [6.45, 7) is 4.66. The summed E-state index contributed by atoms with van der Waals surface area (Å²) in [6, 6.07) is 0.331. The van der Waals surface area contributed by atoms with E-state index in [0.717, 1.165) is 64.6 Å². The van der Waals surface area contributed by atoms with Crippen LogP contribution in [0.3, 0.4) is 0 Å². The number of nitrogens with one attached hydrogen (secondary N) is 1. The standard InChI is InChI=1S/C18H32N2O3/c1-2-17(14-21)8-10-20(11-9-17)16(22)19-15-5-12-23-18(13-15)6-3-4-7-18/h15,21H,2-14H2,1H3,(H,19,22). The molecule has 0 radical (unpaired) electrons. The molecule has 3 fully saturated rings. The van der Waals surface area contributed by atoms with E-state index >= 15 is 0 Å². The van der Waals surface area contributed by atoms with Gasteiger partial charge in [0.25, 0.3) is 0 Å². The zero-order chi connectivity index (χ0) is 16.3. The minimum absolute atomic E-state index is 0.0311. The van der Waals surface area contributed by atoms with Gasteiger partial charge in [0.05, 0.1) is 5.60 Å². The predicted octanol–water partition coefficient (Wildman–Crippen LogP) is 2.67. The number of urea groups is 1. The number of aliphatic hydroxyl groups excluding tert-OH is 1. The number of ether oxygens (including phenoxy) is 1. The normalized spacial score (nSPS) is 29.7. The number of hydrogen-bond donors (Lipinski definition) is 2. The highest BCUT2D eigenvalue weighted by Crippen LogP contribution is 2.40. The molecule has 1 aliphatic carbocycles. The second-order valence-electron chi connectivity index (χ2n) is 7.88. The van der Waals surface area contributed by atoms with Crippen LogP contribution in [0.25, 0.3) is 0 Å². The van der Waals surface area contributed by atoms with Crippen molar-refractivity contribution in [2.75, 3.05) is 26.3 Å². The smallest absolute Gasteiger partial charge is 0.317 e. The molecule has 1 spiro atoms. The molecule has 1 unspecified atom stereocenters. The maximum absolute atomic E-state index is 12.6. The highest BCUT2D eigenvalue weighted by Gasteiger charge is 2.41. The first-order valence-electron chi connectivity index (χ1n) is 9.41. The topological polar surface area (TPSA) is 61.8 Å².